The van der Waals surface area contributed by atoms with Crippen LogP contribution >= 0.6 is 0 Å². The summed E-state index contributed by atoms with van der Waals surface area (Å²) < 4.78 is 45.8. The first kappa shape index (κ1) is 20.4. The number of hydrogen-bond donors (Lipinski definition) is 1. The Bertz CT molecular complexity index is 811. The van der Waals surface area contributed by atoms with Gasteiger partial charge < -0.3 is 14.6 Å². The van der Waals surface area contributed by atoms with Gasteiger partial charge in [-0.3, -0.25) is 9.69 Å². The molecule has 1 aromatic heterocycles. The van der Waals surface area contributed by atoms with Gasteiger partial charge in [0.2, 0.25) is 0 Å². The molecule has 0 saturated carbocycles. The molecule has 2 heterocycles. The van der Waals surface area contributed by atoms with E-state index in [1.807, 2.05) is 17.7 Å². The van der Waals surface area contributed by atoms with Gasteiger partial charge in [0.25, 0.3) is 5.91 Å². The van der Waals surface area contributed by atoms with Gasteiger partial charge in [-0.2, -0.15) is 13.2 Å². The molecule has 1 amide bonds. The van der Waals surface area contributed by atoms with Crippen LogP contribution in [0.4, 0.5) is 18.9 Å². The lowest BCUT2D eigenvalue weighted by Gasteiger charge is -2.26. The van der Waals surface area contributed by atoms with Crippen molar-refractivity contribution in [3.8, 4) is 0 Å². The second-order valence-electron chi connectivity index (χ2n) is 6.85. The van der Waals surface area contributed by atoms with Crippen LogP contribution < -0.4 is 5.32 Å². The third kappa shape index (κ3) is 5.14. The molecule has 3 rings (SSSR count). The first-order valence-electron chi connectivity index (χ1n) is 9.29. The Hall–Kier alpha value is -2.32. The molecule has 1 N–H and O–H groups in total. The Morgan fingerprint density at radius 2 is 1.93 bits per heavy atom. The maximum atomic E-state index is 12.8. The highest BCUT2D eigenvalue weighted by atomic mass is 19.4. The Morgan fingerprint density at radius 1 is 1.18 bits per heavy atom. The van der Waals surface area contributed by atoms with E-state index in [1.54, 1.807) is 6.07 Å². The van der Waals surface area contributed by atoms with Crippen LogP contribution in [0.15, 0.2) is 36.5 Å². The van der Waals surface area contributed by atoms with Gasteiger partial charge in [0.05, 0.1) is 24.3 Å². The van der Waals surface area contributed by atoms with Gasteiger partial charge >= 0.3 is 6.18 Å². The van der Waals surface area contributed by atoms with E-state index in [0.29, 0.717) is 5.56 Å². The molecule has 1 fully saturated rings. The van der Waals surface area contributed by atoms with Gasteiger partial charge in [-0.05, 0) is 37.6 Å². The van der Waals surface area contributed by atoms with Crippen molar-refractivity contribution in [2.24, 2.45) is 0 Å². The molecule has 1 aromatic carbocycles. The smallest absolute Gasteiger partial charge is 0.379 e. The standard InChI is InChI=1S/C20H24F3N3O2/c1-15-18(6-9-26(15)8-3-7-25-10-12-28-13-11-25)19(27)24-17-5-2-4-16(14-17)20(21,22)23/h2,4-6,9,14H,3,7-8,10-13H2,1H3,(H,24,27). The molecule has 0 spiro atoms. The summed E-state index contributed by atoms with van der Waals surface area (Å²) in [6, 6.07) is 6.34. The highest BCUT2D eigenvalue weighted by molar-refractivity contribution is 6.05. The SMILES string of the molecule is Cc1c(C(=O)Nc2cccc(C(F)(F)F)c2)ccn1CCCN1CCOCC1. The van der Waals surface area contributed by atoms with Crippen LogP contribution in [0, 0.1) is 6.92 Å². The highest BCUT2D eigenvalue weighted by Gasteiger charge is 2.30. The zero-order chi connectivity index (χ0) is 20.1. The molecule has 5 nitrogen and oxygen atoms in total. The van der Waals surface area contributed by atoms with Crippen LogP contribution in [0.3, 0.4) is 0 Å². The van der Waals surface area contributed by atoms with Crippen LogP contribution in [-0.4, -0.2) is 48.2 Å². The maximum absolute atomic E-state index is 12.8. The number of aryl methyl sites for hydroxylation is 1. The lowest BCUT2D eigenvalue weighted by Crippen LogP contribution is -2.37. The molecule has 8 heteroatoms. The van der Waals surface area contributed by atoms with Gasteiger partial charge in [0.1, 0.15) is 0 Å². The van der Waals surface area contributed by atoms with Gasteiger partial charge in [-0.15, -0.1) is 0 Å². The van der Waals surface area contributed by atoms with Crippen molar-refractivity contribution in [3.05, 3.63) is 53.3 Å². The van der Waals surface area contributed by atoms with E-state index in [2.05, 4.69) is 10.2 Å². The highest BCUT2D eigenvalue weighted by Crippen LogP contribution is 2.30. The summed E-state index contributed by atoms with van der Waals surface area (Å²) in [5, 5.41) is 2.56. The number of hydrogen-bond acceptors (Lipinski definition) is 3. The summed E-state index contributed by atoms with van der Waals surface area (Å²) in [6.45, 7) is 7.00. The summed E-state index contributed by atoms with van der Waals surface area (Å²) in [7, 11) is 0. The minimum atomic E-state index is -4.44. The first-order chi connectivity index (χ1) is 13.3. The van der Waals surface area contributed by atoms with Gasteiger partial charge in [0.15, 0.2) is 0 Å². The summed E-state index contributed by atoms with van der Waals surface area (Å²) in [4.78, 5) is 14.9. The Balaban J connectivity index is 1.59. The summed E-state index contributed by atoms with van der Waals surface area (Å²) in [5.41, 5.74) is 0.595. The predicted octanol–water partition coefficient (Wildman–Crippen LogP) is 3.79. The topological polar surface area (TPSA) is 46.5 Å². The van der Waals surface area contributed by atoms with Crippen molar-refractivity contribution in [2.45, 2.75) is 26.1 Å². The maximum Gasteiger partial charge on any atom is 0.416 e. The normalized spacial score (nSPS) is 15.6. The largest absolute Gasteiger partial charge is 0.416 e. The lowest BCUT2D eigenvalue weighted by atomic mass is 10.2. The Morgan fingerprint density at radius 3 is 2.64 bits per heavy atom. The zero-order valence-corrected chi connectivity index (χ0v) is 15.8. The minimum absolute atomic E-state index is 0.124. The fourth-order valence-corrected chi connectivity index (χ4v) is 3.29. The average Bonchev–Trinajstić information content (AvgIpc) is 3.03. The molecule has 2 aromatic rings. The predicted molar refractivity (Wildman–Crippen MR) is 100 cm³/mol. The van der Waals surface area contributed by atoms with E-state index in [1.165, 1.54) is 12.1 Å². The van der Waals surface area contributed by atoms with Gasteiger partial charge in [-0.25, -0.2) is 0 Å². The fraction of sp³-hybridized carbons (Fsp3) is 0.450. The van der Waals surface area contributed by atoms with Gasteiger partial charge in [-0.1, -0.05) is 6.07 Å². The molecule has 0 aliphatic carbocycles. The number of carbonyl (C=O) groups is 1. The molecule has 0 radical (unpaired) electrons. The third-order valence-corrected chi connectivity index (χ3v) is 4.91. The van der Waals surface area contributed by atoms with E-state index >= 15 is 0 Å². The number of nitrogens with one attached hydrogen (secondary N) is 1. The quantitative estimate of drug-likeness (QED) is 0.810. The molecule has 28 heavy (non-hydrogen) atoms. The van der Waals surface area contributed by atoms with E-state index in [9.17, 15) is 18.0 Å². The van der Waals surface area contributed by atoms with Crippen LogP contribution in [0.2, 0.25) is 0 Å². The zero-order valence-electron chi connectivity index (χ0n) is 15.8. The number of benzene rings is 1. The lowest BCUT2D eigenvalue weighted by molar-refractivity contribution is -0.137. The molecule has 0 bridgehead atoms. The van der Waals surface area contributed by atoms with E-state index in [0.717, 1.165) is 63.6 Å². The molecule has 1 saturated heterocycles. The molecular weight excluding hydrogens is 371 g/mol. The number of halogens is 3. The Kier molecular flexibility index (Phi) is 6.41. The first-order valence-corrected chi connectivity index (χ1v) is 9.29. The Labute approximate surface area is 162 Å². The molecule has 1 aliphatic rings. The number of nitrogens with zero attached hydrogens (tertiary/aromatic N) is 2. The van der Waals surface area contributed by atoms with Gasteiger partial charge in [0, 0.05) is 43.8 Å². The number of ether oxygens (including phenoxy) is 1. The van der Waals surface area contributed by atoms with Crippen molar-refractivity contribution >= 4 is 11.6 Å². The molecule has 1 aliphatic heterocycles. The summed E-state index contributed by atoms with van der Waals surface area (Å²) in [5.74, 6) is -0.413. The number of morpholine rings is 1. The number of rotatable bonds is 6. The van der Waals surface area contributed by atoms with Crippen molar-refractivity contribution in [3.63, 3.8) is 0 Å². The molecule has 0 unspecified atom stereocenters. The van der Waals surface area contributed by atoms with Crippen LogP contribution in [0.25, 0.3) is 0 Å². The van der Waals surface area contributed by atoms with E-state index < -0.39 is 17.6 Å². The van der Waals surface area contributed by atoms with Crippen molar-refractivity contribution in [1.29, 1.82) is 0 Å². The monoisotopic (exact) mass is 395 g/mol. The number of anilines is 1. The van der Waals surface area contributed by atoms with E-state index in [-0.39, 0.29) is 5.69 Å². The average molecular weight is 395 g/mol. The van der Waals surface area contributed by atoms with Crippen molar-refractivity contribution in [1.82, 2.24) is 9.47 Å². The number of carbonyl (C=O) groups excluding carboxylic acids is 1. The van der Waals surface area contributed by atoms with Crippen LogP contribution in [0.1, 0.15) is 28.0 Å². The van der Waals surface area contributed by atoms with Crippen LogP contribution in [0.5, 0.6) is 0 Å². The third-order valence-electron chi connectivity index (χ3n) is 4.91. The summed E-state index contributed by atoms with van der Waals surface area (Å²) >= 11 is 0. The minimum Gasteiger partial charge on any atom is -0.379 e. The number of aromatic nitrogens is 1. The number of amides is 1. The second kappa shape index (κ2) is 8.79. The van der Waals surface area contributed by atoms with Crippen molar-refractivity contribution in [2.75, 3.05) is 38.2 Å². The van der Waals surface area contributed by atoms with E-state index in [4.69, 9.17) is 4.74 Å². The molecule has 152 valence electrons. The van der Waals surface area contributed by atoms with Crippen molar-refractivity contribution < 1.29 is 22.7 Å². The fourth-order valence-electron chi connectivity index (χ4n) is 3.29. The molecular formula is C20H24F3N3O2. The molecule has 0 atom stereocenters. The summed E-state index contributed by atoms with van der Waals surface area (Å²) in [6.07, 6.45) is -1.65. The van der Waals surface area contributed by atoms with Crippen LogP contribution in [-0.2, 0) is 17.5 Å². The second-order valence-corrected chi connectivity index (χ2v) is 6.85. The number of alkyl halides is 3.